The second kappa shape index (κ2) is 9.12. The van der Waals surface area contributed by atoms with E-state index in [2.05, 4.69) is 57.0 Å². The van der Waals surface area contributed by atoms with E-state index in [1.807, 2.05) is 54.9 Å². The Morgan fingerprint density at radius 2 is 1.53 bits per heavy atom. The lowest BCUT2D eigenvalue weighted by Crippen LogP contribution is -2.48. The van der Waals surface area contributed by atoms with Crippen molar-refractivity contribution in [2.75, 3.05) is 11.5 Å². The van der Waals surface area contributed by atoms with Crippen molar-refractivity contribution >= 4 is 32.2 Å². The lowest BCUT2D eigenvalue weighted by molar-refractivity contribution is -0.123. The van der Waals surface area contributed by atoms with E-state index in [-0.39, 0.29) is 28.8 Å². The van der Waals surface area contributed by atoms with Gasteiger partial charge < -0.3 is 9.33 Å². The number of hydrogen-bond donors (Lipinski definition) is 0. The van der Waals surface area contributed by atoms with E-state index in [0.29, 0.717) is 18.8 Å². The minimum Gasteiger partial charge on any atom is -0.416 e. The van der Waals surface area contributed by atoms with E-state index in [1.54, 1.807) is 0 Å². The number of carbonyl (C=O) groups excluding carboxylic acids is 2. The molecule has 4 atom stereocenters. The molecule has 0 N–H and O–H groups in total. The second-order valence-corrected chi connectivity index (χ2v) is 16.4. The summed E-state index contributed by atoms with van der Waals surface area (Å²) in [6.07, 6.45) is 3.93. The number of fused-ring (bicyclic) bond motifs is 3. The molecule has 188 valence electrons. The molecule has 6 nitrogen and oxygen atoms in total. The van der Waals surface area contributed by atoms with Gasteiger partial charge in [0.1, 0.15) is 0 Å². The Balaban J connectivity index is 1.50. The van der Waals surface area contributed by atoms with Crippen molar-refractivity contribution in [2.45, 2.75) is 51.5 Å². The smallest absolute Gasteiger partial charge is 0.240 e. The Bertz CT molecular complexity index is 1200. The highest BCUT2D eigenvalue weighted by atomic mass is 28.4. The summed E-state index contributed by atoms with van der Waals surface area (Å²) >= 11 is 0. The first-order chi connectivity index (χ1) is 17.1. The number of amides is 2. The predicted molar refractivity (Wildman–Crippen MR) is 145 cm³/mol. The zero-order chi connectivity index (χ0) is 25.7. The summed E-state index contributed by atoms with van der Waals surface area (Å²) in [5.74, 6) is -1.46. The first kappa shape index (κ1) is 24.7. The number of aliphatic imine (C=N–C) groups is 1. The highest BCUT2D eigenvalue weighted by Crippen LogP contribution is 2.47. The van der Waals surface area contributed by atoms with Crippen LogP contribution in [0, 0.1) is 17.8 Å². The van der Waals surface area contributed by atoms with E-state index in [4.69, 9.17) is 9.42 Å². The van der Waals surface area contributed by atoms with Gasteiger partial charge in [0.2, 0.25) is 11.8 Å². The maximum absolute atomic E-state index is 14.0. The number of para-hydroxylation sites is 1. The van der Waals surface area contributed by atoms with E-state index in [9.17, 15) is 9.59 Å². The Labute approximate surface area is 214 Å². The fraction of sp³-hybridized carbons (Fsp3) is 0.414. The van der Waals surface area contributed by atoms with Crippen molar-refractivity contribution in [1.82, 2.24) is 4.90 Å². The normalized spacial score (nSPS) is 25.8. The molecule has 1 aliphatic carbocycles. The van der Waals surface area contributed by atoms with Crippen molar-refractivity contribution in [1.29, 1.82) is 0 Å². The summed E-state index contributed by atoms with van der Waals surface area (Å²) in [5, 5.41) is 0.0559. The van der Waals surface area contributed by atoms with Gasteiger partial charge in [0, 0.05) is 19.1 Å². The van der Waals surface area contributed by atoms with Crippen LogP contribution in [-0.4, -0.2) is 44.0 Å². The fourth-order valence-corrected chi connectivity index (χ4v) is 6.29. The maximum Gasteiger partial charge on any atom is 0.240 e. The standard InChI is InChI=1S/C29H35N3O3Si/c1-29(2,3)36(4,5)35-18-21-16-23-26(31(19-30-23)17-20-12-8-6-9-13-20)25-24(21)27(33)32(28(25)34)22-14-10-7-11-15-22/h6-16,19,21,24-26H,17-18H2,1-5H3/t21-,24+,25+,26-/m1/s1. The Morgan fingerprint density at radius 3 is 2.17 bits per heavy atom. The largest absolute Gasteiger partial charge is 0.416 e. The molecule has 3 aliphatic rings. The number of nitrogens with zero attached hydrogens (tertiary/aromatic N) is 3. The second-order valence-electron chi connectivity index (χ2n) is 11.6. The molecule has 2 aliphatic heterocycles. The number of imide groups is 1. The van der Waals surface area contributed by atoms with Crippen LogP contribution in [0.1, 0.15) is 26.3 Å². The van der Waals surface area contributed by atoms with E-state index in [1.165, 1.54) is 4.90 Å². The first-order valence-electron chi connectivity index (χ1n) is 12.7. The van der Waals surface area contributed by atoms with Crippen molar-refractivity contribution in [3.8, 4) is 0 Å². The molecule has 1 fully saturated rings. The summed E-state index contributed by atoms with van der Waals surface area (Å²) in [6, 6.07) is 19.2. The molecule has 0 unspecified atom stereocenters. The fourth-order valence-electron chi connectivity index (χ4n) is 5.25. The predicted octanol–water partition coefficient (Wildman–Crippen LogP) is 5.24. The average molecular weight is 502 g/mol. The molecule has 0 bridgehead atoms. The van der Waals surface area contributed by atoms with E-state index >= 15 is 0 Å². The molecule has 36 heavy (non-hydrogen) atoms. The molecule has 2 aromatic carbocycles. The molecule has 7 heteroatoms. The highest BCUT2D eigenvalue weighted by Gasteiger charge is 2.59. The van der Waals surface area contributed by atoms with Gasteiger partial charge in [-0.15, -0.1) is 0 Å². The average Bonchev–Trinajstić information content (AvgIpc) is 3.35. The Kier molecular flexibility index (Phi) is 6.25. The minimum absolute atomic E-state index is 0.0559. The van der Waals surface area contributed by atoms with Crippen LogP contribution in [0.3, 0.4) is 0 Å². The van der Waals surface area contributed by atoms with Gasteiger partial charge in [-0.3, -0.25) is 9.59 Å². The molecule has 1 saturated heterocycles. The highest BCUT2D eigenvalue weighted by molar-refractivity contribution is 6.74. The van der Waals surface area contributed by atoms with Gasteiger partial charge in [0.05, 0.1) is 35.6 Å². The van der Waals surface area contributed by atoms with E-state index < -0.39 is 20.2 Å². The molecule has 2 heterocycles. The van der Waals surface area contributed by atoms with Crippen molar-refractivity contribution in [3.63, 3.8) is 0 Å². The molecular weight excluding hydrogens is 466 g/mol. The van der Waals surface area contributed by atoms with Gasteiger partial charge >= 0.3 is 0 Å². The molecule has 0 saturated carbocycles. The number of rotatable bonds is 6. The number of anilines is 1. The van der Waals surface area contributed by atoms with Crippen LogP contribution in [0.5, 0.6) is 0 Å². The van der Waals surface area contributed by atoms with Gasteiger partial charge in [-0.1, -0.05) is 75.4 Å². The summed E-state index contributed by atoms with van der Waals surface area (Å²) < 4.78 is 6.58. The zero-order valence-electron chi connectivity index (χ0n) is 21.7. The zero-order valence-corrected chi connectivity index (χ0v) is 22.7. The van der Waals surface area contributed by atoms with Crippen molar-refractivity contribution in [2.24, 2.45) is 22.7 Å². The number of carbonyl (C=O) groups is 2. The molecular formula is C29H35N3O3Si. The van der Waals surface area contributed by atoms with Crippen LogP contribution in [0.4, 0.5) is 5.69 Å². The summed E-state index contributed by atoms with van der Waals surface area (Å²) in [4.78, 5) is 36.1. The van der Waals surface area contributed by atoms with Crippen LogP contribution in [-0.2, 0) is 20.6 Å². The number of benzene rings is 2. The molecule has 2 amide bonds. The first-order valence-corrected chi connectivity index (χ1v) is 15.6. The Hall–Kier alpha value is -3.03. The summed E-state index contributed by atoms with van der Waals surface area (Å²) in [5.41, 5.74) is 2.63. The quantitative estimate of drug-likeness (QED) is 0.401. The van der Waals surface area contributed by atoms with Crippen molar-refractivity contribution in [3.05, 3.63) is 78.0 Å². The monoisotopic (exact) mass is 501 g/mol. The van der Waals surface area contributed by atoms with Gasteiger partial charge in [-0.2, -0.15) is 0 Å². The van der Waals surface area contributed by atoms with Crippen LogP contribution in [0.15, 0.2) is 77.4 Å². The molecule has 2 aromatic rings. The van der Waals surface area contributed by atoms with Crippen LogP contribution in [0.2, 0.25) is 18.1 Å². The molecule has 0 aromatic heterocycles. The number of hydrogen-bond acceptors (Lipinski definition) is 5. The minimum atomic E-state index is -2.04. The van der Waals surface area contributed by atoms with Crippen molar-refractivity contribution < 1.29 is 14.0 Å². The summed E-state index contributed by atoms with van der Waals surface area (Å²) in [7, 11) is -2.04. The maximum atomic E-state index is 14.0. The van der Waals surface area contributed by atoms with Crippen LogP contribution in [0.25, 0.3) is 0 Å². The topological polar surface area (TPSA) is 62.2 Å². The molecule has 0 radical (unpaired) electrons. The van der Waals surface area contributed by atoms with Gasteiger partial charge in [0.25, 0.3) is 0 Å². The lowest BCUT2D eigenvalue weighted by atomic mass is 9.73. The molecule has 5 rings (SSSR count). The van der Waals surface area contributed by atoms with Crippen LogP contribution >= 0.6 is 0 Å². The van der Waals surface area contributed by atoms with E-state index in [0.717, 1.165) is 11.3 Å². The van der Waals surface area contributed by atoms with Gasteiger partial charge in [0.15, 0.2) is 8.32 Å². The third-order valence-electron chi connectivity index (χ3n) is 8.26. The van der Waals surface area contributed by atoms with Gasteiger partial charge in [-0.05, 0) is 35.8 Å². The van der Waals surface area contributed by atoms with Gasteiger partial charge in [-0.25, -0.2) is 9.89 Å². The van der Waals surface area contributed by atoms with Crippen LogP contribution < -0.4 is 4.90 Å². The lowest BCUT2D eigenvalue weighted by Gasteiger charge is -2.40. The third kappa shape index (κ3) is 4.24. The summed E-state index contributed by atoms with van der Waals surface area (Å²) in [6.45, 7) is 12.1. The molecule has 0 spiro atoms. The SMILES string of the molecule is CC(C)(C)[Si](C)(C)OC[C@H]1C=C2N=CN(Cc3ccccc3)[C@H]2[C@H]2C(=O)N(c3ccccc3)C(=O)[C@H]21. The third-order valence-corrected chi connectivity index (χ3v) is 12.8. The Morgan fingerprint density at radius 1 is 0.917 bits per heavy atom.